The lowest BCUT2D eigenvalue weighted by molar-refractivity contribution is 0.234. The first kappa shape index (κ1) is 14.8. The Bertz CT molecular complexity index is 740. The van der Waals surface area contributed by atoms with Crippen LogP contribution in [0.15, 0.2) is 12.4 Å². The first-order valence-corrected chi connectivity index (χ1v) is 8.59. The summed E-state index contributed by atoms with van der Waals surface area (Å²) < 4.78 is 0. The molecule has 0 saturated carbocycles. The number of hydrogen-bond donors (Lipinski definition) is 0. The van der Waals surface area contributed by atoms with E-state index in [0.717, 1.165) is 35.6 Å². The molecule has 0 aliphatic carbocycles. The Kier molecular flexibility index (Phi) is 3.48. The van der Waals surface area contributed by atoms with Crippen molar-refractivity contribution < 1.29 is 0 Å². The molecule has 4 heterocycles. The number of anilines is 1. The van der Waals surface area contributed by atoms with Crippen LogP contribution >= 0.6 is 0 Å². The Morgan fingerprint density at radius 1 is 1.09 bits per heavy atom. The van der Waals surface area contributed by atoms with Crippen LogP contribution in [0, 0.1) is 19.3 Å². The maximum absolute atomic E-state index is 4.66. The average Bonchev–Trinajstić information content (AvgIpc) is 2.86. The van der Waals surface area contributed by atoms with Gasteiger partial charge in [0.05, 0.1) is 5.39 Å². The molecule has 0 amide bonds. The zero-order valence-corrected chi connectivity index (χ0v) is 14.3. The van der Waals surface area contributed by atoms with Crippen LogP contribution in [0.25, 0.3) is 11.0 Å². The van der Waals surface area contributed by atoms with Crippen molar-refractivity contribution >= 4 is 16.9 Å². The van der Waals surface area contributed by atoms with Crippen molar-refractivity contribution in [1.29, 1.82) is 0 Å². The van der Waals surface area contributed by atoms with Crippen molar-refractivity contribution in [2.45, 2.75) is 33.1 Å². The Morgan fingerprint density at radius 3 is 2.74 bits per heavy atom. The number of likely N-dealkylation sites (tertiary alicyclic amines) is 1. The highest BCUT2D eigenvalue weighted by molar-refractivity contribution is 5.90. The summed E-state index contributed by atoms with van der Waals surface area (Å²) in [6.07, 6.45) is 5.57. The van der Waals surface area contributed by atoms with Gasteiger partial charge in [0.2, 0.25) is 0 Å². The highest BCUT2D eigenvalue weighted by Crippen LogP contribution is 2.40. The summed E-state index contributed by atoms with van der Waals surface area (Å²) in [4.78, 5) is 18.6. The molecule has 2 aliphatic rings. The molecule has 0 radical (unpaired) electrons. The van der Waals surface area contributed by atoms with Crippen molar-refractivity contribution in [3.63, 3.8) is 0 Å². The fourth-order valence-corrected chi connectivity index (χ4v) is 4.51. The van der Waals surface area contributed by atoms with E-state index in [1.54, 1.807) is 6.33 Å². The molecule has 1 unspecified atom stereocenters. The van der Waals surface area contributed by atoms with Gasteiger partial charge in [-0.3, -0.25) is 0 Å². The van der Waals surface area contributed by atoms with Crippen molar-refractivity contribution in [3.05, 3.63) is 23.7 Å². The Hall–Kier alpha value is -1.75. The first-order chi connectivity index (χ1) is 11.1. The van der Waals surface area contributed by atoms with E-state index in [1.165, 1.54) is 37.9 Å². The number of hydrogen-bond acceptors (Lipinski definition) is 5. The van der Waals surface area contributed by atoms with Gasteiger partial charge in [-0.05, 0) is 58.3 Å². The smallest absolute Gasteiger partial charge is 0.165 e. The molecular weight excluding hydrogens is 286 g/mol. The maximum Gasteiger partial charge on any atom is 0.165 e. The fraction of sp³-hybridized carbons (Fsp3) is 0.611. The van der Waals surface area contributed by atoms with Crippen LogP contribution in [0.4, 0.5) is 5.82 Å². The van der Waals surface area contributed by atoms with Crippen LogP contribution in [0.1, 0.15) is 30.5 Å². The molecule has 2 aliphatic heterocycles. The van der Waals surface area contributed by atoms with E-state index in [2.05, 4.69) is 44.8 Å². The summed E-state index contributed by atoms with van der Waals surface area (Å²) in [5.74, 6) is 1.08. The first-order valence-electron chi connectivity index (χ1n) is 8.59. The van der Waals surface area contributed by atoms with Gasteiger partial charge in [-0.25, -0.2) is 15.0 Å². The number of nitrogens with zero attached hydrogens (tertiary/aromatic N) is 5. The Balaban J connectivity index is 1.74. The number of aromatic nitrogens is 3. The minimum absolute atomic E-state index is 0.441. The normalized spacial score (nSPS) is 25.6. The molecule has 5 heteroatoms. The van der Waals surface area contributed by atoms with E-state index in [-0.39, 0.29) is 0 Å². The minimum Gasteiger partial charge on any atom is -0.355 e. The van der Waals surface area contributed by atoms with E-state index in [4.69, 9.17) is 0 Å². The lowest BCUT2D eigenvalue weighted by Gasteiger charge is -2.41. The third kappa shape index (κ3) is 2.57. The molecule has 0 N–H and O–H groups in total. The summed E-state index contributed by atoms with van der Waals surface area (Å²) >= 11 is 0. The van der Waals surface area contributed by atoms with Crippen molar-refractivity contribution in [1.82, 2.24) is 19.9 Å². The van der Waals surface area contributed by atoms with Gasteiger partial charge in [-0.15, -0.1) is 0 Å². The molecular formula is C18H25N5. The number of pyridine rings is 1. The number of piperidine rings is 1. The molecule has 2 aromatic heterocycles. The van der Waals surface area contributed by atoms with E-state index in [1.807, 2.05) is 6.92 Å². The van der Waals surface area contributed by atoms with Crippen LogP contribution in [0.3, 0.4) is 0 Å². The van der Waals surface area contributed by atoms with Crippen molar-refractivity contribution in [2.24, 2.45) is 5.41 Å². The van der Waals surface area contributed by atoms with Crippen LogP contribution in [-0.2, 0) is 0 Å². The monoisotopic (exact) mass is 311 g/mol. The SMILES string of the molecule is Cc1cc(C)c2c(N3CCCC4(CCN(C)C4)C3)ncnc2n1. The predicted octanol–water partition coefficient (Wildman–Crippen LogP) is 2.56. The average molecular weight is 311 g/mol. The molecule has 1 atom stereocenters. The molecule has 2 saturated heterocycles. The van der Waals surface area contributed by atoms with Crippen LogP contribution in [0.5, 0.6) is 0 Å². The van der Waals surface area contributed by atoms with Crippen molar-refractivity contribution in [3.8, 4) is 0 Å². The molecule has 1 spiro atoms. The van der Waals surface area contributed by atoms with Gasteiger partial charge in [-0.1, -0.05) is 0 Å². The second kappa shape index (κ2) is 5.41. The van der Waals surface area contributed by atoms with E-state index >= 15 is 0 Å². The highest BCUT2D eigenvalue weighted by atomic mass is 15.2. The zero-order chi connectivity index (χ0) is 16.0. The number of fused-ring (bicyclic) bond motifs is 1. The third-order valence-corrected chi connectivity index (χ3v) is 5.50. The van der Waals surface area contributed by atoms with E-state index in [9.17, 15) is 0 Å². The second-order valence-corrected chi connectivity index (χ2v) is 7.49. The molecule has 4 rings (SSSR count). The van der Waals surface area contributed by atoms with Gasteiger partial charge in [0.1, 0.15) is 12.1 Å². The Labute approximate surface area is 137 Å². The molecule has 122 valence electrons. The summed E-state index contributed by atoms with van der Waals surface area (Å²) in [7, 11) is 2.24. The fourth-order valence-electron chi connectivity index (χ4n) is 4.51. The van der Waals surface area contributed by atoms with Crippen LogP contribution < -0.4 is 4.90 Å². The van der Waals surface area contributed by atoms with Crippen LogP contribution in [-0.4, -0.2) is 53.1 Å². The topological polar surface area (TPSA) is 45.2 Å². The minimum atomic E-state index is 0.441. The standard InChI is InChI=1S/C18H25N5/c1-13-9-14(2)21-16-15(13)17(20-12-19-16)23-7-4-5-18(11-23)6-8-22(3)10-18/h9,12H,4-8,10-11H2,1-3H3. The maximum atomic E-state index is 4.66. The molecule has 2 aromatic rings. The summed E-state index contributed by atoms with van der Waals surface area (Å²) in [6, 6.07) is 2.14. The summed E-state index contributed by atoms with van der Waals surface area (Å²) in [5.41, 5.74) is 3.52. The van der Waals surface area contributed by atoms with Gasteiger partial charge in [0.25, 0.3) is 0 Å². The quantitative estimate of drug-likeness (QED) is 0.810. The number of rotatable bonds is 1. The third-order valence-electron chi connectivity index (χ3n) is 5.50. The molecule has 0 aromatic carbocycles. The highest BCUT2D eigenvalue weighted by Gasteiger charge is 2.40. The lowest BCUT2D eigenvalue weighted by Crippen LogP contribution is -2.45. The van der Waals surface area contributed by atoms with Gasteiger partial charge < -0.3 is 9.80 Å². The summed E-state index contributed by atoms with van der Waals surface area (Å²) in [6.45, 7) is 8.80. The summed E-state index contributed by atoms with van der Waals surface area (Å²) in [5, 5.41) is 1.13. The molecule has 23 heavy (non-hydrogen) atoms. The predicted molar refractivity (Wildman–Crippen MR) is 92.8 cm³/mol. The van der Waals surface area contributed by atoms with Gasteiger partial charge in [0.15, 0.2) is 5.65 Å². The molecule has 2 fully saturated rings. The number of aryl methyl sites for hydroxylation is 2. The lowest BCUT2D eigenvalue weighted by atomic mass is 9.79. The largest absolute Gasteiger partial charge is 0.355 e. The van der Waals surface area contributed by atoms with Gasteiger partial charge in [0, 0.05) is 30.7 Å². The van der Waals surface area contributed by atoms with Gasteiger partial charge in [-0.2, -0.15) is 0 Å². The van der Waals surface area contributed by atoms with Gasteiger partial charge >= 0.3 is 0 Å². The zero-order valence-electron chi connectivity index (χ0n) is 14.3. The molecule has 0 bridgehead atoms. The van der Waals surface area contributed by atoms with E-state index in [0.29, 0.717) is 5.41 Å². The second-order valence-electron chi connectivity index (χ2n) is 7.49. The van der Waals surface area contributed by atoms with E-state index < -0.39 is 0 Å². The Morgan fingerprint density at radius 2 is 1.96 bits per heavy atom. The molecule has 5 nitrogen and oxygen atoms in total. The van der Waals surface area contributed by atoms with Crippen molar-refractivity contribution in [2.75, 3.05) is 38.1 Å². The van der Waals surface area contributed by atoms with Crippen LogP contribution in [0.2, 0.25) is 0 Å².